The van der Waals surface area contributed by atoms with Gasteiger partial charge in [-0.25, -0.2) is 15.0 Å². The van der Waals surface area contributed by atoms with Crippen LogP contribution in [0.5, 0.6) is 0 Å². The molecule has 6 nitrogen and oxygen atoms in total. The average Bonchev–Trinajstić information content (AvgIpc) is 1.60. The number of imidazole rings is 3. The summed E-state index contributed by atoms with van der Waals surface area (Å²) in [5.74, 6) is 0. The van der Waals surface area contributed by atoms with Crippen LogP contribution in [-0.2, 0) is 0 Å². The molecule has 31 rings (SSSR count). The molecule has 0 aliphatic heterocycles. The SMILES string of the molecule is c1cc(-c2ccc3c(c2)c2c4ccccc4ccc2c2nc4ccccc4n32)cc(-c2ccc3c4c(cccc24)-c2ccccc2-3)c1.c1ccc(-c2ccc(-c3ccc4c5ccc6ccccc6c5c5nc(-c6ccccc6)c(-c6ccccc6)n5c4c3)cc2)cc1.c1ccc(-c2nc3c4c5ccccc5ccc4c4ccc(-c5ccc(-c6cc7ccccc7c7ccccc67)cc5)cc4n3c2-c2ccccc2)cc1. The molecule has 6 aromatic heterocycles. The standard InChI is InChI=1S/C51H32N2.C45H26N2.C43H28N2/c1-3-14-36(15-4-1)49-50(37-16-5-2-6-17-37)53-47-32-38(28-29-44(47)45-30-27-34-13-7-10-20-41(34)48(45)51(53)52-49)33-23-25-35(26-24-33)46-31-39-18-8-9-19-40(39)42-21-11-12-22-43(42)46;1-2-12-32-27(9-1)19-21-38-43(32)39-26-29(20-24-41(39)47-42-18-6-5-17-40(42)46-45(38)47)28-10-7-11-30(25-28)31-22-23-37-34-14-4-3-13-33(34)36-16-8-15-35(31)44(36)37;1-4-12-29(13-5-1)30-20-22-31(23-21-30)35-25-26-37-38-27-24-32-14-10-11-19-36(32)40(38)43-44-41(33-15-6-2-7-16-33)42(45(43)39(37)28-35)34-17-8-3-9-18-34/h1-32H;1-26H;1-28H. The van der Waals surface area contributed by atoms with E-state index >= 15 is 0 Å². The average molecular weight is 1840 g/mol. The molecule has 1 aliphatic rings. The van der Waals surface area contributed by atoms with Crippen molar-refractivity contribution in [3.05, 3.63) is 522 Å². The Morgan fingerprint density at radius 3 is 1.07 bits per heavy atom. The van der Waals surface area contributed by atoms with Gasteiger partial charge in [-0.05, 0) is 219 Å². The summed E-state index contributed by atoms with van der Waals surface area (Å²) in [5, 5.41) is 26.0. The third kappa shape index (κ3) is 13.5. The van der Waals surface area contributed by atoms with Crippen molar-refractivity contribution in [3.8, 4) is 134 Å². The van der Waals surface area contributed by atoms with E-state index in [0.29, 0.717) is 0 Å². The summed E-state index contributed by atoms with van der Waals surface area (Å²) >= 11 is 0. The first-order valence-electron chi connectivity index (χ1n) is 49.8. The minimum atomic E-state index is 0.970. The van der Waals surface area contributed by atoms with Gasteiger partial charge in [-0.2, -0.15) is 0 Å². The molecule has 0 fully saturated rings. The van der Waals surface area contributed by atoms with Crippen LogP contribution >= 0.6 is 0 Å². The van der Waals surface area contributed by atoms with Gasteiger partial charge in [0.2, 0.25) is 0 Å². The van der Waals surface area contributed by atoms with Crippen LogP contribution in [0.3, 0.4) is 0 Å². The molecule has 0 atom stereocenters. The second kappa shape index (κ2) is 33.8. The molecule has 30 aromatic rings. The molecule has 6 heterocycles. The number of hydrogen-bond acceptors (Lipinski definition) is 3. The fourth-order valence-corrected chi connectivity index (χ4v) is 23.5. The van der Waals surface area contributed by atoms with Crippen LogP contribution in [0.2, 0.25) is 0 Å². The maximum absolute atomic E-state index is 5.54. The first-order chi connectivity index (χ1) is 71.9. The molecule has 0 saturated carbocycles. The summed E-state index contributed by atoms with van der Waals surface area (Å²) < 4.78 is 7.16. The molecule has 0 N–H and O–H groups in total. The van der Waals surface area contributed by atoms with Gasteiger partial charge in [0, 0.05) is 60.0 Å². The number of pyridine rings is 3. The molecule has 6 heteroatoms. The summed E-state index contributed by atoms with van der Waals surface area (Å²) in [6.07, 6.45) is 0. The first-order valence-corrected chi connectivity index (χ1v) is 49.8. The molecule has 0 spiro atoms. The smallest absolute Gasteiger partial charge is 0.147 e. The van der Waals surface area contributed by atoms with Crippen molar-refractivity contribution in [3.63, 3.8) is 0 Å². The Kier molecular flexibility index (Phi) is 19.3. The lowest BCUT2D eigenvalue weighted by Crippen LogP contribution is -1.96. The zero-order valence-electron chi connectivity index (χ0n) is 78.8. The van der Waals surface area contributed by atoms with Gasteiger partial charge in [0.15, 0.2) is 0 Å². The van der Waals surface area contributed by atoms with E-state index in [-0.39, 0.29) is 0 Å². The van der Waals surface area contributed by atoms with Gasteiger partial charge in [-0.1, -0.05) is 467 Å². The van der Waals surface area contributed by atoms with Crippen LogP contribution in [0.25, 0.3) is 292 Å². The number of rotatable bonds is 10. The molecule has 0 bridgehead atoms. The zero-order chi connectivity index (χ0) is 95.3. The van der Waals surface area contributed by atoms with Gasteiger partial charge >= 0.3 is 0 Å². The van der Waals surface area contributed by atoms with Gasteiger partial charge in [-0.15, -0.1) is 0 Å². The highest BCUT2D eigenvalue weighted by Crippen LogP contribution is 2.52. The van der Waals surface area contributed by atoms with Crippen LogP contribution in [0.15, 0.2) is 522 Å². The Labute approximate surface area is 835 Å². The van der Waals surface area contributed by atoms with Crippen molar-refractivity contribution in [1.29, 1.82) is 0 Å². The maximum atomic E-state index is 5.54. The molecule has 0 saturated heterocycles. The summed E-state index contributed by atoms with van der Waals surface area (Å²) in [5.41, 5.74) is 37.1. The normalized spacial score (nSPS) is 11.9. The fraction of sp³-hybridized carbons (Fsp3) is 0. The van der Waals surface area contributed by atoms with Crippen LogP contribution in [0, 0.1) is 0 Å². The lowest BCUT2D eigenvalue weighted by atomic mass is 9.92. The molecule has 1 aliphatic carbocycles. The van der Waals surface area contributed by atoms with E-state index in [4.69, 9.17) is 15.0 Å². The molecule has 24 aromatic carbocycles. The summed E-state index contributed by atoms with van der Waals surface area (Å²) in [6.45, 7) is 0. The molecular weight excluding hydrogens is 1750 g/mol. The van der Waals surface area contributed by atoms with E-state index in [1.165, 1.54) is 208 Å². The van der Waals surface area contributed by atoms with Crippen LogP contribution in [0.1, 0.15) is 0 Å². The summed E-state index contributed by atoms with van der Waals surface area (Å²) in [4.78, 5) is 16.2. The van der Waals surface area contributed by atoms with E-state index < -0.39 is 0 Å². The van der Waals surface area contributed by atoms with Crippen LogP contribution in [0.4, 0.5) is 0 Å². The maximum Gasteiger partial charge on any atom is 0.147 e. The Morgan fingerprint density at radius 1 is 0.131 bits per heavy atom. The molecular formula is C139H86N6. The summed E-state index contributed by atoms with van der Waals surface area (Å²) in [6, 6.07) is 189. The number of para-hydroxylation sites is 2. The van der Waals surface area contributed by atoms with Crippen LogP contribution in [-0.4, -0.2) is 28.2 Å². The van der Waals surface area contributed by atoms with Crippen molar-refractivity contribution in [2.45, 2.75) is 0 Å². The quantitative estimate of drug-likeness (QED) is 0.128. The Bertz CT molecular complexity index is 10500. The van der Waals surface area contributed by atoms with Crippen LogP contribution < -0.4 is 0 Å². The van der Waals surface area contributed by atoms with Crippen molar-refractivity contribution >= 4 is 158 Å². The number of hydrogen-bond donors (Lipinski definition) is 0. The topological polar surface area (TPSA) is 51.9 Å². The highest BCUT2D eigenvalue weighted by atomic mass is 15.1. The molecule has 0 radical (unpaired) electrons. The number of aromatic nitrogens is 6. The number of benzene rings is 24. The lowest BCUT2D eigenvalue weighted by molar-refractivity contribution is 1.27. The van der Waals surface area contributed by atoms with E-state index in [9.17, 15) is 0 Å². The largest absolute Gasteiger partial charge is 0.292 e. The molecule has 0 unspecified atom stereocenters. The Hall–Kier alpha value is -19.3. The number of fused-ring (bicyclic) bond motifs is 32. The lowest BCUT2D eigenvalue weighted by Gasteiger charge is -2.15. The van der Waals surface area contributed by atoms with Gasteiger partial charge in [0.1, 0.15) is 16.9 Å². The highest BCUT2D eigenvalue weighted by molar-refractivity contribution is 6.28. The predicted molar refractivity (Wildman–Crippen MR) is 612 cm³/mol. The fourth-order valence-electron chi connectivity index (χ4n) is 23.5. The van der Waals surface area contributed by atoms with Crippen molar-refractivity contribution in [2.24, 2.45) is 0 Å². The van der Waals surface area contributed by atoms with Gasteiger partial charge in [0.25, 0.3) is 0 Å². The first kappa shape index (κ1) is 82.8. The van der Waals surface area contributed by atoms with Gasteiger partial charge in [-0.3, -0.25) is 13.2 Å². The third-order valence-corrected chi connectivity index (χ3v) is 30.2. The second-order valence-electron chi connectivity index (χ2n) is 38.2. The Morgan fingerprint density at radius 2 is 0.503 bits per heavy atom. The molecule has 672 valence electrons. The van der Waals surface area contributed by atoms with E-state index in [1.807, 2.05) is 0 Å². The number of nitrogens with zero attached hydrogens (tertiary/aromatic N) is 6. The highest BCUT2D eigenvalue weighted by Gasteiger charge is 2.29. The van der Waals surface area contributed by atoms with E-state index in [2.05, 4.69) is 535 Å². The van der Waals surface area contributed by atoms with Crippen molar-refractivity contribution < 1.29 is 0 Å². The van der Waals surface area contributed by atoms with Crippen molar-refractivity contribution in [1.82, 2.24) is 28.2 Å². The monoisotopic (exact) mass is 1840 g/mol. The van der Waals surface area contributed by atoms with E-state index in [1.54, 1.807) is 0 Å². The van der Waals surface area contributed by atoms with Crippen molar-refractivity contribution in [2.75, 3.05) is 0 Å². The second-order valence-corrected chi connectivity index (χ2v) is 38.2. The minimum Gasteiger partial charge on any atom is -0.292 e. The predicted octanol–water partition coefficient (Wildman–Crippen LogP) is 37.3. The van der Waals surface area contributed by atoms with Gasteiger partial charge < -0.3 is 0 Å². The van der Waals surface area contributed by atoms with Gasteiger partial charge in [0.05, 0.1) is 50.4 Å². The molecule has 145 heavy (non-hydrogen) atoms. The minimum absolute atomic E-state index is 0.970. The Balaban J connectivity index is 0.000000104. The zero-order valence-corrected chi connectivity index (χ0v) is 78.8. The van der Waals surface area contributed by atoms with E-state index in [0.717, 1.165) is 84.0 Å². The molecule has 0 amide bonds. The summed E-state index contributed by atoms with van der Waals surface area (Å²) in [7, 11) is 0. The third-order valence-electron chi connectivity index (χ3n) is 30.2.